The molecule has 0 fully saturated rings. The van der Waals surface area contributed by atoms with E-state index in [2.05, 4.69) is 25.6 Å². The lowest BCUT2D eigenvalue weighted by Gasteiger charge is -2.37. The molecule has 0 aliphatic rings. The monoisotopic (exact) mass is 494 g/mol. The lowest BCUT2D eigenvalue weighted by atomic mass is 10.1. The average molecular weight is 495 g/mol. The fourth-order valence-corrected chi connectivity index (χ4v) is 3.52. The number of carbonyl (C=O) groups excluding carboxylic acids is 4. The second kappa shape index (κ2) is 23.1. The molecule has 11 nitrogen and oxygen atoms in total. The zero-order chi connectivity index (χ0) is 26.0. The molecule has 0 aromatic rings. The van der Waals surface area contributed by atoms with E-state index in [1.54, 1.807) is 6.92 Å². The van der Waals surface area contributed by atoms with Gasteiger partial charge in [0.25, 0.3) is 0 Å². The molecule has 0 radical (unpaired) electrons. The molecule has 0 aliphatic carbocycles. The van der Waals surface area contributed by atoms with Crippen molar-refractivity contribution in [2.45, 2.75) is 89.8 Å². The van der Waals surface area contributed by atoms with Crippen LogP contribution in [-0.4, -0.2) is 79.4 Å². The van der Waals surface area contributed by atoms with Gasteiger partial charge in [0.15, 0.2) is 5.85 Å². The van der Waals surface area contributed by atoms with Crippen LogP contribution in [-0.2, 0) is 14.4 Å². The number of aliphatic hydroxyl groups is 1. The summed E-state index contributed by atoms with van der Waals surface area (Å²) in [6.07, 6.45) is 14.7. The summed E-state index contributed by atoms with van der Waals surface area (Å²) in [6.45, 7) is 4.42. The van der Waals surface area contributed by atoms with Gasteiger partial charge in [-0.25, -0.2) is 34.2 Å². The molecule has 0 bridgehead atoms. The van der Waals surface area contributed by atoms with E-state index in [1.807, 2.05) is 0 Å². The maximum absolute atomic E-state index is 12.9. The van der Waals surface area contributed by atoms with E-state index in [4.69, 9.17) is 0 Å². The Labute approximate surface area is 208 Å². The van der Waals surface area contributed by atoms with Gasteiger partial charge in [0.2, 0.25) is 18.2 Å². The Morgan fingerprint density at radius 2 is 1.14 bits per heavy atom. The van der Waals surface area contributed by atoms with Crippen LogP contribution in [0.5, 0.6) is 0 Å². The predicted molar refractivity (Wildman–Crippen MR) is 133 cm³/mol. The zero-order valence-corrected chi connectivity index (χ0v) is 21.1. The third kappa shape index (κ3) is 19.3. The van der Waals surface area contributed by atoms with Crippen LogP contribution >= 0.6 is 0 Å². The highest BCUT2D eigenvalue weighted by molar-refractivity contribution is 5.74. The molecular formula is C24H42N6O5. The first-order valence-electron chi connectivity index (χ1n) is 12.6. The van der Waals surface area contributed by atoms with Gasteiger partial charge in [-0.1, -0.05) is 38.5 Å². The fraction of sp³-hybridized carbons (Fsp3) is 0.833. The van der Waals surface area contributed by atoms with Crippen LogP contribution in [0.3, 0.4) is 0 Å². The van der Waals surface area contributed by atoms with Gasteiger partial charge in [-0.2, -0.15) is 0 Å². The average Bonchev–Trinajstić information content (AvgIpc) is 2.84. The van der Waals surface area contributed by atoms with E-state index >= 15 is 0 Å². The van der Waals surface area contributed by atoms with Crippen molar-refractivity contribution in [3.05, 3.63) is 0 Å². The Bertz CT molecular complexity index is 699. The van der Waals surface area contributed by atoms with Crippen molar-refractivity contribution >= 4 is 24.3 Å². The summed E-state index contributed by atoms with van der Waals surface area (Å²) in [5.41, 5.74) is 0. The SMILES string of the molecule is CC(O)(NCCCCCCN=C=O)N(CCCCCCN=C=O)C(=O)NCCCCCCN=C=O. The van der Waals surface area contributed by atoms with Crippen LogP contribution in [0.1, 0.15) is 84.0 Å². The lowest BCUT2D eigenvalue weighted by Crippen LogP contribution is -2.61. The molecule has 0 saturated carbocycles. The second-order valence-corrected chi connectivity index (χ2v) is 8.49. The molecule has 0 rings (SSSR count). The normalized spacial score (nSPS) is 11.9. The Morgan fingerprint density at radius 3 is 1.63 bits per heavy atom. The van der Waals surface area contributed by atoms with Crippen LogP contribution in [0.2, 0.25) is 0 Å². The molecule has 2 amide bonds. The number of nitrogens with one attached hydrogen (secondary N) is 2. The van der Waals surface area contributed by atoms with Crippen LogP contribution in [0, 0.1) is 0 Å². The molecule has 11 heteroatoms. The highest BCUT2D eigenvalue weighted by Gasteiger charge is 2.32. The van der Waals surface area contributed by atoms with Gasteiger partial charge >= 0.3 is 6.03 Å². The lowest BCUT2D eigenvalue weighted by molar-refractivity contribution is -0.0937. The van der Waals surface area contributed by atoms with E-state index in [1.165, 1.54) is 23.1 Å². The number of amides is 2. The first-order valence-corrected chi connectivity index (χ1v) is 12.6. The minimum Gasteiger partial charge on any atom is -0.358 e. The summed E-state index contributed by atoms with van der Waals surface area (Å²) in [5, 5.41) is 17.0. The molecule has 1 atom stereocenters. The Kier molecular flexibility index (Phi) is 21.3. The smallest absolute Gasteiger partial charge is 0.320 e. The first kappa shape index (κ1) is 32.3. The van der Waals surface area contributed by atoms with Crippen molar-refractivity contribution in [2.75, 3.05) is 39.3 Å². The van der Waals surface area contributed by atoms with Gasteiger partial charge in [0, 0.05) is 13.1 Å². The summed E-state index contributed by atoms with van der Waals surface area (Å²) in [6, 6.07) is -0.328. The third-order valence-electron chi connectivity index (χ3n) is 5.50. The molecular weight excluding hydrogens is 452 g/mol. The van der Waals surface area contributed by atoms with E-state index in [9.17, 15) is 24.3 Å². The molecule has 198 valence electrons. The number of hydrogen-bond acceptors (Lipinski definition) is 9. The zero-order valence-electron chi connectivity index (χ0n) is 21.1. The van der Waals surface area contributed by atoms with Crippen LogP contribution < -0.4 is 10.6 Å². The van der Waals surface area contributed by atoms with Crippen molar-refractivity contribution in [1.82, 2.24) is 15.5 Å². The van der Waals surface area contributed by atoms with E-state index < -0.39 is 5.85 Å². The first-order chi connectivity index (χ1) is 17.0. The predicted octanol–water partition coefficient (Wildman–Crippen LogP) is 2.94. The largest absolute Gasteiger partial charge is 0.358 e. The summed E-state index contributed by atoms with van der Waals surface area (Å²) < 4.78 is 0. The maximum atomic E-state index is 12.9. The van der Waals surface area contributed by atoms with Crippen molar-refractivity contribution in [3.8, 4) is 0 Å². The molecule has 35 heavy (non-hydrogen) atoms. The standard InChI is InChI=1S/C24H42N6O5/c1-24(35,29-18-12-5-3-9-15-26-21-32)30(19-13-7-6-10-16-27-22-33)23(34)28-17-11-4-2-8-14-25-20-31/h29,35H,2-19H2,1H3,(H,28,34). The minimum atomic E-state index is -1.50. The van der Waals surface area contributed by atoms with Gasteiger partial charge < -0.3 is 10.4 Å². The molecule has 0 heterocycles. The molecule has 3 N–H and O–H groups in total. The van der Waals surface area contributed by atoms with Gasteiger partial charge in [-0.3, -0.25) is 10.2 Å². The molecule has 0 aliphatic heterocycles. The Balaban J connectivity index is 4.54. The Morgan fingerprint density at radius 1 is 0.714 bits per heavy atom. The Hall–Kier alpha value is -2.67. The molecule has 1 unspecified atom stereocenters. The highest BCUT2D eigenvalue weighted by Crippen LogP contribution is 2.13. The van der Waals surface area contributed by atoms with E-state index in [-0.39, 0.29) is 6.03 Å². The topological polar surface area (TPSA) is 153 Å². The number of isocyanates is 3. The summed E-state index contributed by atoms with van der Waals surface area (Å²) in [5.74, 6) is -1.50. The second-order valence-electron chi connectivity index (χ2n) is 8.49. The van der Waals surface area contributed by atoms with Crippen molar-refractivity contribution < 1.29 is 24.3 Å². The quantitative estimate of drug-likeness (QED) is 0.0859. The fourth-order valence-electron chi connectivity index (χ4n) is 3.52. The number of urea groups is 1. The van der Waals surface area contributed by atoms with E-state index in [0.29, 0.717) is 45.7 Å². The summed E-state index contributed by atoms with van der Waals surface area (Å²) in [7, 11) is 0. The molecule has 0 aromatic carbocycles. The van der Waals surface area contributed by atoms with Gasteiger partial charge in [-0.05, 0) is 52.0 Å². The van der Waals surface area contributed by atoms with Crippen molar-refractivity contribution in [1.29, 1.82) is 0 Å². The van der Waals surface area contributed by atoms with Gasteiger partial charge in [0.05, 0.1) is 19.6 Å². The van der Waals surface area contributed by atoms with E-state index in [0.717, 1.165) is 70.6 Å². The third-order valence-corrected chi connectivity index (χ3v) is 5.50. The minimum absolute atomic E-state index is 0.328. The van der Waals surface area contributed by atoms with Gasteiger partial charge in [-0.15, -0.1) is 0 Å². The van der Waals surface area contributed by atoms with Crippen molar-refractivity contribution in [3.63, 3.8) is 0 Å². The van der Waals surface area contributed by atoms with Crippen molar-refractivity contribution in [2.24, 2.45) is 15.0 Å². The summed E-state index contributed by atoms with van der Waals surface area (Å²) >= 11 is 0. The number of hydrogen-bond donors (Lipinski definition) is 3. The van der Waals surface area contributed by atoms with Crippen LogP contribution in [0.25, 0.3) is 0 Å². The number of carbonyl (C=O) groups is 1. The number of rotatable bonds is 23. The number of aliphatic imine (C=N–C) groups is 3. The number of unbranched alkanes of at least 4 members (excludes halogenated alkanes) is 9. The van der Waals surface area contributed by atoms with Gasteiger partial charge in [0.1, 0.15) is 0 Å². The molecule has 0 spiro atoms. The van der Waals surface area contributed by atoms with Crippen LogP contribution in [0.15, 0.2) is 15.0 Å². The van der Waals surface area contributed by atoms with Crippen LogP contribution in [0.4, 0.5) is 4.79 Å². The molecule has 0 saturated heterocycles. The summed E-state index contributed by atoms with van der Waals surface area (Å²) in [4.78, 5) is 55.1. The number of nitrogens with zero attached hydrogens (tertiary/aromatic N) is 4. The maximum Gasteiger partial charge on any atom is 0.320 e. The molecule has 0 aromatic heterocycles. The highest BCUT2D eigenvalue weighted by atomic mass is 16.3.